The number of carbonyl (C=O) groups excluding carboxylic acids is 2. The molecule has 9 heteroatoms. The fourth-order valence-corrected chi connectivity index (χ4v) is 4.34. The van der Waals surface area contributed by atoms with Gasteiger partial charge in [0.15, 0.2) is 0 Å². The van der Waals surface area contributed by atoms with Crippen LogP contribution in [0.1, 0.15) is 24.8 Å². The molecule has 2 fully saturated rings. The number of ether oxygens (including phenoxy) is 3. The molecule has 5 rings (SSSR count). The van der Waals surface area contributed by atoms with E-state index in [1.165, 1.54) is 0 Å². The van der Waals surface area contributed by atoms with E-state index in [4.69, 9.17) is 19.0 Å². The normalized spacial score (nSPS) is 22.2. The first-order valence-corrected chi connectivity index (χ1v) is 10.8. The van der Waals surface area contributed by atoms with Gasteiger partial charge in [-0.2, -0.15) is 0 Å². The highest BCUT2D eigenvalue weighted by molar-refractivity contribution is 6.00. The van der Waals surface area contributed by atoms with E-state index < -0.39 is 18.2 Å². The van der Waals surface area contributed by atoms with Crippen LogP contribution in [0.4, 0.5) is 5.69 Å². The van der Waals surface area contributed by atoms with Crippen LogP contribution in [-0.2, 0) is 19.2 Å². The predicted octanol–water partition coefficient (Wildman–Crippen LogP) is 2.76. The number of nitrogens with zero attached hydrogens (tertiary/aromatic N) is 2. The maximum absolute atomic E-state index is 13.3. The molecule has 2 amide bonds. The van der Waals surface area contributed by atoms with Crippen molar-refractivity contribution in [3.05, 3.63) is 54.1 Å². The third-order valence-corrected chi connectivity index (χ3v) is 6.34. The van der Waals surface area contributed by atoms with Gasteiger partial charge in [-0.05, 0) is 42.0 Å². The number of rotatable bonds is 6. The van der Waals surface area contributed by atoms with Crippen molar-refractivity contribution in [1.82, 2.24) is 4.90 Å². The molecule has 9 nitrogen and oxygen atoms in total. The number of nitrogens with one attached hydrogen (secondary N) is 1. The Balaban J connectivity index is 1.30. The van der Waals surface area contributed by atoms with E-state index in [-0.39, 0.29) is 17.2 Å². The fraction of sp³-hybridized carbons (Fsp3) is 0.375. The molecule has 172 valence electrons. The highest BCUT2D eigenvalue weighted by atomic mass is 16.8. The molecule has 1 spiro atoms. The van der Waals surface area contributed by atoms with Crippen LogP contribution in [0.15, 0.2) is 53.7 Å². The summed E-state index contributed by atoms with van der Waals surface area (Å²) in [6.45, 7) is 0.495. The van der Waals surface area contributed by atoms with Crippen LogP contribution in [0.3, 0.4) is 0 Å². The summed E-state index contributed by atoms with van der Waals surface area (Å²) >= 11 is 0. The molecule has 0 radical (unpaired) electrons. The number of oxime groups is 1. The van der Waals surface area contributed by atoms with Crippen molar-refractivity contribution in [2.45, 2.75) is 31.6 Å². The Hall–Kier alpha value is -3.75. The second-order valence-electron chi connectivity index (χ2n) is 8.59. The quantitative estimate of drug-likeness (QED) is 0.725. The zero-order chi connectivity index (χ0) is 23.0. The second kappa shape index (κ2) is 8.31. The molecule has 1 aliphatic carbocycles. The third-order valence-electron chi connectivity index (χ3n) is 6.34. The molecule has 3 aliphatic rings. The summed E-state index contributed by atoms with van der Waals surface area (Å²) in [7, 11) is 3.09. The molecule has 1 saturated carbocycles. The van der Waals surface area contributed by atoms with Gasteiger partial charge in [0, 0.05) is 36.0 Å². The van der Waals surface area contributed by atoms with Crippen LogP contribution in [-0.4, -0.2) is 55.7 Å². The van der Waals surface area contributed by atoms with Crippen LogP contribution in [0.25, 0.3) is 0 Å². The Kier molecular flexibility index (Phi) is 5.32. The number of amides is 2. The summed E-state index contributed by atoms with van der Waals surface area (Å²) in [5.74, 6) is 0.683. The highest BCUT2D eigenvalue weighted by Crippen LogP contribution is 2.55. The maximum Gasteiger partial charge on any atom is 0.346 e. The van der Waals surface area contributed by atoms with Crippen molar-refractivity contribution in [2.75, 3.05) is 26.1 Å². The van der Waals surface area contributed by atoms with E-state index in [1.54, 1.807) is 37.3 Å². The van der Waals surface area contributed by atoms with Crippen molar-refractivity contribution >= 4 is 23.4 Å². The smallest absolute Gasteiger partial charge is 0.346 e. The molecule has 1 N–H and O–H groups in total. The topological polar surface area (TPSA) is 98.7 Å². The number of benzene rings is 2. The van der Waals surface area contributed by atoms with E-state index in [1.807, 2.05) is 30.3 Å². The van der Waals surface area contributed by atoms with Crippen LogP contribution in [0.5, 0.6) is 11.5 Å². The van der Waals surface area contributed by atoms with Gasteiger partial charge in [-0.1, -0.05) is 18.2 Å². The van der Waals surface area contributed by atoms with Crippen molar-refractivity contribution in [3.8, 4) is 11.5 Å². The lowest BCUT2D eigenvalue weighted by Gasteiger charge is -2.25. The van der Waals surface area contributed by atoms with Gasteiger partial charge in [-0.15, -0.1) is 0 Å². The zero-order valence-corrected chi connectivity index (χ0v) is 18.4. The Labute approximate surface area is 191 Å². The Morgan fingerprint density at radius 3 is 2.42 bits per heavy atom. The lowest BCUT2D eigenvalue weighted by Crippen LogP contribution is -2.48. The van der Waals surface area contributed by atoms with Crippen molar-refractivity contribution in [2.24, 2.45) is 10.6 Å². The first-order valence-electron chi connectivity index (χ1n) is 10.8. The van der Waals surface area contributed by atoms with Gasteiger partial charge in [0.1, 0.15) is 17.5 Å². The molecule has 2 aromatic rings. The molecular formula is C24H25N3O6. The number of likely N-dealkylation sites (tertiary alicyclic amines) is 1. The van der Waals surface area contributed by atoms with Crippen LogP contribution in [0, 0.1) is 5.41 Å². The lowest BCUT2D eigenvalue weighted by atomic mass is 10.0. The molecule has 2 aromatic carbocycles. The second-order valence-corrected chi connectivity index (χ2v) is 8.59. The lowest BCUT2D eigenvalue weighted by molar-refractivity contribution is -0.161. The predicted molar refractivity (Wildman–Crippen MR) is 119 cm³/mol. The summed E-state index contributed by atoms with van der Waals surface area (Å²) in [6.07, 6.45) is 1.38. The van der Waals surface area contributed by atoms with Gasteiger partial charge in [-0.3, -0.25) is 9.59 Å². The van der Waals surface area contributed by atoms with Gasteiger partial charge in [0.2, 0.25) is 5.91 Å². The van der Waals surface area contributed by atoms with Crippen LogP contribution in [0.2, 0.25) is 0 Å². The van der Waals surface area contributed by atoms with Crippen LogP contribution >= 0.6 is 0 Å². The molecule has 1 saturated heterocycles. The molecule has 33 heavy (non-hydrogen) atoms. The van der Waals surface area contributed by atoms with E-state index >= 15 is 0 Å². The van der Waals surface area contributed by atoms with Crippen molar-refractivity contribution in [3.63, 3.8) is 0 Å². The van der Waals surface area contributed by atoms with E-state index in [9.17, 15) is 9.59 Å². The summed E-state index contributed by atoms with van der Waals surface area (Å²) < 4.78 is 16.2. The number of hydrogen-bond donors (Lipinski definition) is 1. The molecule has 2 heterocycles. The van der Waals surface area contributed by atoms with E-state index in [0.29, 0.717) is 35.7 Å². The Bertz CT molecular complexity index is 1080. The summed E-state index contributed by atoms with van der Waals surface area (Å²) in [6, 6.07) is 13.7. The summed E-state index contributed by atoms with van der Waals surface area (Å²) in [4.78, 5) is 33.4. The van der Waals surface area contributed by atoms with Gasteiger partial charge < -0.3 is 29.3 Å². The number of hydrogen-bond acceptors (Lipinski definition) is 7. The van der Waals surface area contributed by atoms with Gasteiger partial charge in [-0.25, -0.2) is 0 Å². The maximum atomic E-state index is 13.3. The SMILES string of the molecule is COc1cc(NC(=O)[C@H]2CC3(CC3)CN2C(=O)C2ON=C(c3ccccc3)O2)cc(OC)c1. The highest BCUT2D eigenvalue weighted by Gasteiger charge is 2.56. The molecule has 2 atom stereocenters. The molecule has 0 bridgehead atoms. The van der Waals surface area contributed by atoms with Crippen molar-refractivity contribution < 1.29 is 28.6 Å². The van der Waals surface area contributed by atoms with Gasteiger partial charge >= 0.3 is 12.2 Å². The largest absolute Gasteiger partial charge is 0.497 e. The third kappa shape index (κ3) is 4.18. The number of methoxy groups -OCH3 is 2. The minimum absolute atomic E-state index is 0.00848. The first kappa shape index (κ1) is 21.1. The van der Waals surface area contributed by atoms with Gasteiger partial charge in [0.05, 0.1) is 14.2 Å². The molecule has 2 aliphatic heterocycles. The first-order chi connectivity index (χ1) is 16.0. The van der Waals surface area contributed by atoms with Crippen LogP contribution < -0.4 is 14.8 Å². The summed E-state index contributed by atoms with van der Waals surface area (Å²) in [5, 5.41) is 6.83. The zero-order valence-electron chi connectivity index (χ0n) is 18.4. The Morgan fingerprint density at radius 1 is 1.09 bits per heavy atom. The van der Waals surface area contributed by atoms with Crippen molar-refractivity contribution in [1.29, 1.82) is 0 Å². The van der Waals surface area contributed by atoms with E-state index in [0.717, 1.165) is 12.8 Å². The molecular weight excluding hydrogens is 426 g/mol. The molecule has 1 unspecified atom stereocenters. The fourth-order valence-electron chi connectivity index (χ4n) is 4.34. The minimum Gasteiger partial charge on any atom is -0.497 e. The number of carbonyl (C=O) groups is 2. The molecule has 0 aromatic heterocycles. The minimum atomic E-state index is -1.21. The van der Waals surface area contributed by atoms with Gasteiger partial charge in [0.25, 0.3) is 5.90 Å². The number of anilines is 1. The average molecular weight is 451 g/mol. The summed E-state index contributed by atoms with van der Waals surface area (Å²) in [5.41, 5.74) is 1.24. The van der Waals surface area contributed by atoms with E-state index in [2.05, 4.69) is 10.5 Å². The monoisotopic (exact) mass is 451 g/mol. The Morgan fingerprint density at radius 2 is 1.79 bits per heavy atom. The average Bonchev–Trinajstić information content (AvgIpc) is 3.24. The standard InChI is InChI=1S/C24H25N3O6/c1-30-17-10-16(11-18(12-17)31-2)25-20(28)19-13-24(8-9-24)14-27(19)22(29)23-32-21(26-33-23)15-6-4-3-5-7-15/h3-7,10-12,19,23H,8-9,13-14H2,1-2H3,(H,25,28)/t19-,23?/m1/s1.